The van der Waals surface area contributed by atoms with Gasteiger partial charge in [0.1, 0.15) is 11.0 Å². The second kappa shape index (κ2) is 11.4. The van der Waals surface area contributed by atoms with E-state index >= 15 is 8.78 Å². The number of hydrogen-bond donors (Lipinski definition) is 2. The number of piperazine rings is 1. The van der Waals surface area contributed by atoms with Gasteiger partial charge in [-0.3, -0.25) is 9.59 Å². The van der Waals surface area contributed by atoms with Crippen molar-refractivity contribution in [3.63, 3.8) is 0 Å². The Labute approximate surface area is 242 Å². The second-order valence-corrected chi connectivity index (χ2v) is 13.3. The predicted molar refractivity (Wildman–Crippen MR) is 150 cm³/mol. The molecule has 3 fully saturated rings. The molecule has 0 unspecified atom stereocenters. The number of anilines is 2. The predicted octanol–water partition coefficient (Wildman–Crippen LogP) is 2.69. The van der Waals surface area contributed by atoms with Gasteiger partial charge in [-0.2, -0.15) is 4.31 Å². The highest BCUT2D eigenvalue weighted by atomic mass is 35.5. The summed E-state index contributed by atoms with van der Waals surface area (Å²) in [5.74, 6) is -4.80. The maximum absolute atomic E-state index is 15.5. The van der Waals surface area contributed by atoms with Crippen LogP contribution in [0.1, 0.15) is 37.7 Å². The molecule has 2 aliphatic heterocycles. The zero-order valence-electron chi connectivity index (χ0n) is 22.4. The van der Waals surface area contributed by atoms with Gasteiger partial charge < -0.3 is 21.3 Å². The number of nitrogens with zero attached hydrogens (tertiary/aromatic N) is 4. The fourth-order valence-corrected chi connectivity index (χ4v) is 7.53. The number of halogens is 3. The van der Waals surface area contributed by atoms with Crippen LogP contribution in [0.25, 0.3) is 0 Å². The Morgan fingerprint density at radius 3 is 2.22 bits per heavy atom. The van der Waals surface area contributed by atoms with E-state index in [1.807, 2.05) is 0 Å². The van der Waals surface area contributed by atoms with Gasteiger partial charge in [-0.15, -0.1) is 0 Å². The molecule has 3 aliphatic rings. The minimum absolute atomic E-state index is 0.0735. The highest BCUT2D eigenvalue weighted by Gasteiger charge is 2.44. The monoisotopic (exact) mass is 610 g/mol. The van der Waals surface area contributed by atoms with E-state index in [-0.39, 0.29) is 84.7 Å². The number of hydrogen-bond acceptors (Lipinski definition) is 7. The molecule has 1 aromatic heterocycles. The average molecular weight is 611 g/mol. The lowest BCUT2D eigenvalue weighted by Crippen LogP contribution is -2.49. The van der Waals surface area contributed by atoms with Crippen LogP contribution in [0, 0.1) is 11.8 Å². The number of rotatable bonds is 7. The van der Waals surface area contributed by atoms with E-state index in [2.05, 4.69) is 4.98 Å². The normalized spacial score (nSPS) is 24.6. The summed E-state index contributed by atoms with van der Waals surface area (Å²) >= 11 is 6.17. The van der Waals surface area contributed by atoms with Gasteiger partial charge in [-0.05, 0) is 62.1 Å². The molecular formula is C27H33ClF2N6O4S. The molecule has 0 spiro atoms. The number of carbonyl (C=O) groups is 2. The quantitative estimate of drug-likeness (QED) is 0.459. The maximum atomic E-state index is 15.5. The van der Waals surface area contributed by atoms with Crippen molar-refractivity contribution in [1.82, 2.24) is 9.29 Å². The molecule has 1 atom stereocenters. The minimum Gasteiger partial charge on any atom is -0.369 e. The number of alkyl halides is 2. The van der Waals surface area contributed by atoms with E-state index < -0.39 is 27.8 Å². The first-order chi connectivity index (χ1) is 19.4. The highest BCUT2D eigenvalue weighted by molar-refractivity contribution is 7.89. The first-order valence-electron chi connectivity index (χ1n) is 13.6. The molecule has 10 nitrogen and oxygen atoms in total. The van der Waals surface area contributed by atoms with Crippen molar-refractivity contribution in [3.05, 3.63) is 47.1 Å². The number of benzene rings is 1. The van der Waals surface area contributed by atoms with Crippen molar-refractivity contribution in [2.24, 2.45) is 23.3 Å². The molecule has 222 valence electrons. The Morgan fingerprint density at radius 1 is 1.02 bits per heavy atom. The lowest BCUT2D eigenvalue weighted by molar-refractivity contribution is -0.126. The summed E-state index contributed by atoms with van der Waals surface area (Å²) in [6, 6.07) is 8.37. The SMILES string of the molecule is NC(=O)C1CCC(C(F)(F)c2cc(Cl)nc(N3CCN(S(=O)(=O)c4ccc(N5C[C@@H](N)CC5=O)cc4)CC3)c2)CC1. The summed E-state index contributed by atoms with van der Waals surface area (Å²) in [5.41, 5.74) is 11.5. The largest absolute Gasteiger partial charge is 0.369 e. The molecule has 41 heavy (non-hydrogen) atoms. The van der Waals surface area contributed by atoms with Gasteiger partial charge in [0.05, 0.1) is 4.90 Å². The number of sulfonamides is 1. The minimum atomic E-state index is -3.82. The van der Waals surface area contributed by atoms with Crippen LogP contribution in [-0.4, -0.2) is 68.3 Å². The molecule has 2 aromatic rings. The number of nitrogens with two attached hydrogens (primary N) is 2. The first kappa shape index (κ1) is 29.6. The summed E-state index contributed by atoms with van der Waals surface area (Å²) in [7, 11) is -3.82. The Kier molecular flexibility index (Phi) is 8.25. The Balaban J connectivity index is 1.25. The van der Waals surface area contributed by atoms with Crippen molar-refractivity contribution >= 4 is 44.9 Å². The van der Waals surface area contributed by atoms with Gasteiger partial charge in [0.2, 0.25) is 21.8 Å². The fourth-order valence-electron chi connectivity index (χ4n) is 5.90. The first-order valence-corrected chi connectivity index (χ1v) is 15.4. The molecule has 4 N–H and O–H groups in total. The van der Waals surface area contributed by atoms with E-state index in [1.165, 1.54) is 28.6 Å². The number of pyridine rings is 1. The lowest BCUT2D eigenvalue weighted by atomic mass is 9.77. The topological polar surface area (TPSA) is 143 Å². The van der Waals surface area contributed by atoms with Crippen molar-refractivity contribution < 1.29 is 26.8 Å². The van der Waals surface area contributed by atoms with Gasteiger partial charge in [0.25, 0.3) is 5.92 Å². The van der Waals surface area contributed by atoms with Gasteiger partial charge in [-0.1, -0.05) is 11.6 Å². The van der Waals surface area contributed by atoms with Crippen LogP contribution in [0.3, 0.4) is 0 Å². The zero-order chi connectivity index (χ0) is 29.5. The molecule has 1 aromatic carbocycles. The van der Waals surface area contributed by atoms with Crippen LogP contribution < -0.4 is 21.3 Å². The summed E-state index contributed by atoms with van der Waals surface area (Å²) in [4.78, 5) is 31.2. The third-order valence-corrected chi connectivity index (χ3v) is 10.4. The number of amides is 2. The summed E-state index contributed by atoms with van der Waals surface area (Å²) < 4.78 is 59.0. The summed E-state index contributed by atoms with van der Waals surface area (Å²) in [6.45, 7) is 1.11. The summed E-state index contributed by atoms with van der Waals surface area (Å²) in [5, 5.41) is -0.0735. The Hall–Kier alpha value is -2.87. The molecule has 0 bridgehead atoms. The van der Waals surface area contributed by atoms with Gasteiger partial charge >= 0.3 is 0 Å². The average Bonchev–Trinajstić information content (AvgIpc) is 3.30. The van der Waals surface area contributed by atoms with Gasteiger partial charge in [-0.25, -0.2) is 22.2 Å². The van der Waals surface area contributed by atoms with Crippen LogP contribution in [0.2, 0.25) is 5.15 Å². The van der Waals surface area contributed by atoms with Crippen LogP contribution >= 0.6 is 11.6 Å². The number of primary amides is 1. The molecular weight excluding hydrogens is 578 g/mol. The van der Waals surface area contributed by atoms with E-state index in [0.717, 1.165) is 0 Å². The molecule has 1 saturated carbocycles. The Morgan fingerprint density at radius 2 is 1.66 bits per heavy atom. The number of aromatic nitrogens is 1. The van der Waals surface area contributed by atoms with Crippen LogP contribution in [-0.2, 0) is 25.5 Å². The summed E-state index contributed by atoms with van der Waals surface area (Å²) in [6.07, 6.45) is 1.25. The van der Waals surface area contributed by atoms with Crippen molar-refractivity contribution in [1.29, 1.82) is 0 Å². The molecule has 0 radical (unpaired) electrons. The lowest BCUT2D eigenvalue weighted by Gasteiger charge is -2.36. The van der Waals surface area contributed by atoms with Gasteiger partial charge in [0.15, 0.2) is 0 Å². The van der Waals surface area contributed by atoms with E-state index in [4.69, 9.17) is 23.1 Å². The second-order valence-electron chi connectivity index (χ2n) is 11.0. The van der Waals surface area contributed by atoms with E-state index in [0.29, 0.717) is 25.1 Å². The molecule has 5 rings (SSSR count). The third-order valence-electron chi connectivity index (χ3n) is 8.31. The maximum Gasteiger partial charge on any atom is 0.276 e. The smallest absolute Gasteiger partial charge is 0.276 e. The third kappa shape index (κ3) is 6.04. The molecule has 2 saturated heterocycles. The highest BCUT2D eigenvalue weighted by Crippen LogP contribution is 2.46. The van der Waals surface area contributed by atoms with Gasteiger partial charge in [0, 0.05) is 68.3 Å². The van der Waals surface area contributed by atoms with Crippen LogP contribution in [0.15, 0.2) is 41.3 Å². The zero-order valence-corrected chi connectivity index (χ0v) is 24.0. The van der Waals surface area contributed by atoms with Crippen molar-refractivity contribution in [2.75, 3.05) is 42.5 Å². The van der Waals surface area contributed by atoms with E-state index in [9.17, 15) is 18.0 Å². The van der Waals surface area contributed by atoms with Crippen molar-refractivity contribution in [2.45, 2.75) is 49.0 Å². The number of carbonyl (C=O) groups excluding carboxylic acids is 2. The van der Waals surface area contributed by atoms with Crippen LogP contribution in [0.4, 0.5) is 20.3 Å². The van der Waals surface area contributed by atoms with E-state index in [1.54, 1.807) is 21.9 Å². The molecule has 2 amide bonds. The van der Waals surface area contributed by atoms with Crippen LogP contribution in [0.5, 0.6) is 0 Å². The molecule has 3 heterocycles. The standard InChI is InChI=1S/C27H33ClF2N6O4S/c28-23-13-19(27(29,30)18-3-1-17(2-4-18)26(32)38)14-24(33-23)34-9-11-35(12-10-34)41(39,40)22-7-5-21(6-8-22)36-16-20(31)15-25(36)37/h5-8,13-14,17-18,20H,1-4,9-12,15-16,31H2,(H2,32,38)/t17?,18?,20-/m0/s1. The molecule has 1 aliphatic carbocycles. The Bertz CT molecular complexity index is 1410. The molecule has 14 heteroatoms. The van der Waals surface area contributed by atoms with Crippen molar-refractivity contribution in [3.8, 4) is 0 Å². The fraction of sp³-hybridized carbons (Fsp3) is 0.519.